The molecule has 0 bridgehead atoms. The Balaban J connectivity index is 1.79. The summed E-state index contributed by atoms with van der Waals surface area (Å²) >= 11 is 0. The number of aliphatic carboxylic acids is 1. The van der Waals surface area contributed by atoms with Crippen molar-refractivity contribution >= 4 is 17.6 Å². The molecule has 0 saturated heterocycles. The van der Waals surface area contributed by atoms with Crippen molar-refractivity contribution in [3.63, 3.8) is 0 Å². The average Bonchev–Trinajstić information content (AvgIpc) is 3.05. The predicted octanol–water partition coefficient (Wildman–Crippen LogP) is 1.71. The highest BCUT2D eigenvalue weighted by Gasteiger charge is 2.44. The zero-order valence-corrected chi connectivity index (χ0v) is 11.2. The van der Waals surface area contributed by atoms with Gasteiger partial charge in [0.05, 0.1) is 5.92 Å². The Morgan fingerprint density at radius 3 is 2.65 bits per heavy atom. The lowest BCUT2D eigenvalue weighted by molar-refractivity contribution is -0.147. The van der Waals surface area contributed by atoms with E-state index in [9.17, 15) is 14.7 Å². The largest absolute Gasteiger partial charge is 0.480 e. The first-order valence-corrected chi connectivity index (χ1v) is 7.01. The van der Waals surface area contributed by atoms with Gasteiger partial charge in [0, 0.05) is 12.2 Å². The highest BCUT2D eigenvalue weighted by atomic mass is 16.4. The molecule has 1 aliphatic heterocycles. The van der Waals surface area contributed by atoms with Crippen molar-refractivity contribution in [2.75, 3.05) is 11.9 Å². The molecule has 5 heteroatoms. The average molecular weight is 274 g/mol. The van der Waals surface area contributed by atoms with Gasteiger partial charge in [-0.1, -0.05) is 31.0 Å². The van der Waals surface area contributed by atoms with E-state index < -0.39 is 11.5 Å². The van der Waals surface area contributed by atoms with Crippen LogP contribution in [0.5, 0.6) is 0 Å². The number of nitrogens with one attached hydrogen (secondary N) is 2. The summed E-state index contributed by atoms with van der Waals surface area (Å²) in [5, 5.41) is 15.4. The van der Waals surface area contributed by atoms with Gasteiger partial charge in [-0.25, -0.2) is 4.79 Å². The number of carbonyl (C=O) groups excluding carboxylic acids is 1. The topological polar surface area (TPSA) is 78.4 Å². The van der Waals surface area contributed by atoms with Gasteiger partial charge in [-0.15, -0.1) is 0 Å². The van der Waals surface area contributed by atoms with E-state index in [1.54, 1.807) is 0 Å². The summed E-state index contributed by atoms with van der Waals surface area (Å²) < 4.78 is 0. The summed E-state index contributed by atoms with van der Waals surface area (Å²) in [5.41, 5.74) is 0.848. The van der Waals surface area contributed by atoms with Gasteiger partial charge >= 0.3 is 5.97 Å². The SMILES string of the molecule is O=C(NC1(C(=O)O)CCCC1)C1CNc2ccccc21. The Hall–Kier alpha value is -2.04. The fourth-order valence-corrected chi connectivity index (χ4v) is 3.21. The number of fused-ring (bicyclic) bond motifs is 1. The van der Waals surface area contributed by atoms with Gasteiger partial charge in [0.15, 0.2) is 0 Å². The number of carboxylic acids is 1. The van der Waals surface area contributed by atoms with Gasteiger partial charge in [0.2, 0.25) is 5.91 Å². The van der Waals surface area contributed by atoms with Crippen molar-refractivity contribution < 1.29 is 14.7 Å². The molecule has 2 aliphatic rings. The zero-order valence-electron chi connectivity index (χ0n) is 11.2. The Morgan fingerprint density at radius 1 is 1.25 bits per heavy atom. The van der Waals surface area contributed by atoms with Crippen molar-refractivity contribution in [1.82, 2.24) is 5.32 Å². The van der Waals surface area contributed by atoms with Crippen LogP contribution in [0.4, 0.5) is 5.69 Å². The third-order valence-corrected chi connectivity index (χ3v) is 4.38. The normalized spacial score (nSPS) is 22.9. The van der Waals surface area contributed by atoms with Crippen molar-refractivity contribution in [2.45, 2.75) is 37.1 Å². The molecule has 1 aromatic rings. The molecule has 5 nitrogen and oxygen atoms in total. The Kier molecular flexibility index (Phi) is 3.12. The number of para-hydroxylation sites is 1. The predicted molar refractivity (Wildman–Crippen MR) is 74.7 cm³/mol. The first-order chi connectivity index (χ1) is 9.62. The fraction of sp³-hybridized carbons (Fsp3) is 0.467. The van der Waals surface area contributed by atoms with Crippen LogP contribution in [0.3, 0.4) is 0 Å². The van der Waals surface area contributed by atoms with E-state index in [4.69, 9.17) is 0 Å². The van der Waals surface area contributed by atoms with Gasteiger partial charge in [-0.2, -0.15) is 0 Å². The van der Waals surface area contributed by atoms with Crippen molar-refractivity contribution in [2.24, 2.45) is 0 Å². The van der Waals surface area contributed by atoms with Crippen LogP contribution >= 0.6 is 0 Å². The number of anilines is 1. The van der Waals surface area contributed by atoms with Crippen LogP contribution in [0.1, 0.15) is 37.2 Å². The monoisotopic (exact) mass is 274 g/mol. The van der Waals surface area contributed by atoms with E-state index >= 15 is 0 Å². The summed E-state index contributed by atoms with van der Waals surface area (Å²) in [6, 6.07) is 7.67. The lowest BCUT2D eigenvalue weighted by Crippen LogP contribution is -2.53. The first-order valence-electron chi connectivity index (χ1n) is 7.01. The summed E-state index contributed by atoms with van der Waals surface area (Å²) in [6.45, 7) is 0.529. The highest BCUT2D eigenvalue weighted by Crippen LogP contribution is 2.34. The van der Waals surface area contributed by atoms with Crippen LogP contribution in [0.2, 0.25) is 0 Å². The number of benzene rings is 1. The fourth-order valence-electron chi connectivity index (χ4n) is 3.21. The van der Waals surface area contributed by atoms with Crippen LogP contribution in [0, 0.1) is 0 Å². The minimum Gasteiger partial charge on any atom is -0.480 e. The zero-order chi connectivity index (χ0) is 14.2. The third-order valence-electron chi connectivity index (χ3n) is 4.38. The number of hydrogen-bond acceptors (Lipinski definition) is 3. The Morgan fingerprint density at radius 2 is 1.95 bits per heavy atom. The second-order valence-corrected chi connectivity index (χ2v) is 5.60. The molecule has 0 aromatic heterocycles. The molecule has 1 fully saturated rings. The molecule has 1 heterocycles. The molecule has 1 saturated carbocycles. The highest BCUT2D eigenvalue weighted by molar-refractivity contribution is 5.93. The van der Waals surface area contributed by atoms with E-state index in [1.807, 2.05) is 24.3 Å². The molecule has 3 N–H and O–H groups in total. The lowest BCUT2D eigenvalue weighted by atomic mass is 9.94. The second-order valence-electron chi connectivity index (χ2n) is 5.60. The van der Waals surface area contributed by atoms with E-state index in [0.29, 0.717) is 19.4 Å². The van der Waals surface area contributed by atoms with Gasteiger partial charge in [-0.05, 0) is 24.5 Å². The summed E-state index contributed by atoms with van der Waals surface area (Å²) in [4.78, 5) is 23.9. The molecule has 0 radical (unpaired) electrons. The van der Waals surface area contributed by atoms with E-state index in [2.05, 4.69) is 10.6 Å². The minimum absolute atomic E-state index is 0.188. The molecule has 1 aliphatic carbocycles. The quantitative estimate of drug-likeness (QED) is 0.784. The smallest absolute Gasteiger partial charge is 0.329 e. The second kappa shape index (κ2) is 4.81. The first kappa shape index (κ1) is 13.0. The van der Waals surface area contributed by atoms with Gasteiger partial charge < -0.3 is 15.7 Å². The summed E-state index contributed by atoms with van der Waals surface area (Å²) in [7, 11) is 0. The maximum atomic E-state index is 12.5. The van der Waals surface area contributed by atoms with E-state index in [1.165, 1.54) is 0 Å². The maximum Gasteiger partial charge on any atom is 0.329 e. The molecular weight excluding hydrogens is 256 g/mol. The van der Waals surface area contributed by atoms with Gasteiger partial charge in [-0.3, -0.25) is 4.79 Å². The van der Waals surface area contributed by atoms with E-state index in [0.717, 1.165) is 24.1 Å². The van der Waals surface area contributed by atoms with Crippen molar-refractivity contribution in [3.8, 4) is 0 Å². The number of rotatable bonds is 3. The van der Waals surface area contributed by atoms with Crippen LogP contribution in [-0.2, 0) is 9.59 Å². The lowest BCUT2D eigenvalue weighted by Gasteiger charge is -2.27. The van der Waals surface area contributed by atoms with E-state index in [-0.39, 0.29) is 11.8 Å². The van der Waals surface area contributed by atoms with Crippen LogP contribution in [0.25, 0.3) is 0 Å². The molecule has 1 amide bonds. The number of amides is 1. The molecule has 20 heavy (non-hydrogen) atoms. The number of carboxylic acid groups (broad SMARTS) is 1. The standard InChI is InChI=1S/C15H18N2O3/c18-13(17-15(14(19)20)7-3-4-8-15)11-9-16-12-6-2-1-5-10(11)12/h1-2,5-6,11,16H,3-4,7-9H2,(H,17,18)(H,19,20). The molecule has 0 spiro atoms. The third kappa shape index (κ3) is 2.03. The van der Waals surface area contributed by atoms with Gasteiger partial charge in [0.25, 0.3) is 0 Å². The van der Waals surface area contributed by atoms with Gasteiger partial charge in [0.1, 0.15) is 5.54 Å². The Labute approximate surface area is 117 Å². The van der Waals surface area contributed by atoms with Crippen LogP contribution < -0.4 is 10.6 Å². The van der Waals surface area contributed by atoms with Crippen molar-refractivity contribution in [1.29, 1.82) is 0 Å². The number of hydrogen-bond donors (Lipinski definition) is 3. The van der Waals surface area contributed by atoms with Crippen molar-refractivity contribution in [3.05, 3.63) is 29.8 Å². The maximum absolute atomic E-state index is 12.5. The minimum atomic E-state index is -1.06. The summed E-state index contributed by atoms with van der Waals surface area (Å²) in [6.07, 6.45) is 2.75. The number of carbonyl (C=O) groups is 2. The summed E-state index contributed by atoms with van der Waals surface area (Å²) in [5.74, 6) is -1.41. The van der Waals surface area contributed by atoms with Crippen LogP contribution in [0.15, 0.2) is 24.3 Å². The molecular formula is C15H18N2O3. The van der Waals surface area contributed by atoms with Crippen LogP contribution in [-0.4, -0.2) is 29.1 Å². The molecule has 1 unspecified atom stereocenters. The molecule has 1 aromatic carbocycles. The Bertz CT molecular complexity index is 550. The molecule has 106 valence electrons. The molecule has 3 rings (SSSR count). The molecule has 1 atom stereocenters.